The van der Waals surface area contributed by atoms with Gasteiger partial charge in [0.05, 0.1) is 10.9 Å². The van der Waals surface area contributed by atoms with Gasteiger partial charge >= 0.3 is 0 Å². The van der Waals surface area contributed by atoms with Crippen LogP contribution >= 0.6 is 15.9 Å². The van der Waals surface area contributed by atoms with E-state index < -0.39 is 0 Å². The van der Waals surface area contributed by atoms with Crippen molar-refractivity contribution >= 4 is 32.8 Å². The summed E-state index contributed by atoms with van der Waals surface area (Å²) in [6.07, 6.45) is -0.253. The number of fused-ring (bicyclic) bond motifs is 3. The van der Waals surface area contributed by atoms with Gasteiger partial charge in [0.25, 0.3) is 11.5 Å². The van der Waals surface area contributed by atoms with Crippen LogP contribution in [0.2, 0.25) is 0 Å². The van der Waals surface area contributed by atoms with Crippen LogP contribution in [0.5, 0.6) is 0 Å². The largest absolute Gasteiger partial charge is 0.282 e. The fourth-order valence-electron chi connectivity index (χ4n) is 1.99. The molecule has 6 nitrogen and oxygen atoms in total. The summed E-state index contributed by atoms with van der Waals surface area (Å²) in [4.78, 5) is 17.8. The molecule has 0 bridgehead atoms. The molecule has 1 atom stereocenters. The summed E-state index contributed by atoms with van der Waals surface area (Å²) in [7, 11) is 3.81. The fourth-order valence-corrected chi connectivity index (χ4v) is 2.35. The van der Waals surface area contributed by atoms with Crippen LogP contribution in [0, 0.1) is 0 Å². The van der Waals surface area contributed by atoms with Gasteiger partial charge < -0.3 is 0 Å². The first kappa shape index (κ1) is 11.5. The zero-order chi connectivity index (χ0) is 12.9. The molecule has 1 aliphatic heterocycles. The van der Waals surface area contributed by atoms with E-state index in [9.17, 15) is 4.79 Å². The van der Waals surface area contributed by atoms with Gasteiger partial charge in [0.2, 0.25) is 6.29 Å². The molecule has 0 amide bonds. The Balaban J connectivity index is 2.39. The maximum absolute atomic E-state index is 11.9. The quantitative estimate of drug-likeness (QED) is 0.812. The van der Waals surface area contributed by atoms with Crippen molar-refractivity contribution < 1.29 is 0 Å². The minimum Gasteiger partial charge on any atom is -0.271 e. The Hall–Kier alpha value is -1.60. The van der Waals surface area contributed by atoms with E-state index in [-0.39, 0.29) is 11.8 Å². The summed E-state index contributed by atoms with van der Waals surface area (Å²) in [6.45, 7) is 0. The van der Waals surface area contributed by atoms with E-state index in [4.69, 9.17) is 0 Å². The molecule has 0 fully saturated rings. The maximum Gasteiger partial charge on any atom is 0.282 e. The second-order valence-corrected chi connectivity index (χ2v) is 5.19. The first-order valence-corrected chi connectivity index (χ1v) is 6.16. The summed E-state index contributed by atoms with van der Waals surface area (Å²) in [6, 6.07) is 5.53. The van der Waals surface area contributed by atoms with E-state index in [2.05, 4.69) is 31.1 Å². The van der Waals surface area contributed by atoms with Crippen molar-refractivity contribution in [1.82, 2.24) is 14.5 Å². The molecule has 1 aromatic heterocycles. The van der Waals surface area contributed by atoms with Crippen molar-refractivity contribution in [3.05, 3.63) is 33.0 Å². The van der Waals surface area contributed by atoms with Crippen LogP contribution < -0.4 is 5.56 Å². The first-order chi connectivity index (χ1) is 8.58. The first-order valence-electron chi connectivity index (χ1n) is 5.37. The topological polar surface area (TPSA) is 62.9 Å². The fraction of sp³-hybridized carbons (Fsp3) is 0.273. The molecule has 0 aliphatic carbocycles. The monoisotopic (exact) mass is 307 g/mol. The predicted molar refractivity (Wildman–Crippen MR) is 70.9 cm³/mol. The lowest BCUT2D eigenvalue weighted by Gasteiger charge is -2.19. The molecule has 0 N–H and O–H groups in total. The van der Waals surface area contributed by atoms with Crippen molar-refractivity contribution in [2.45, 2.75) is 6.29 Å². The minimum atomic E-state index is -0.282. The van der Waals surface area contributed by atoms with Crippen LogP contribution in [-0.4, -0.2) is 28.5 Å². The summed E-state index contributed by atoms with van der Waals surface area (Å²) in [5.41, 5.74) is 0.507. The number of aromatic nitrogens is 2. The number of nitrogens with zero attached hydrogens (tertiary/aromatic N) is 5. The highest BCUT2D eigenvalue weighted by atomic mass is 79.9. The van der Waals surface area contributed by atoms with E-state index >= 15 is 0 Å². The Bertz CT molecular complexity index is 721. The molecule has 1 unspecified atom stereocenters. The van der Waals surface area contributed by atoms with Crippen molar-refractivity contribution in [3.8, 4) is 0 Å². The summed E-state index contributed by atoms with van der Waals surface area (Å²) >= 11 is 3.36. The van der Waals surface area contributed by atoms with Crippen LogP contribution in [0.4, 0.5) is 5.95 Å². The molecule has 18 heavy (non-hydrogen) atoms. The van der Waals surface area contributed by atoms with Gasteiger partial charge in [-0.15, -0.1) is 10.2 Å². The van der Waals surface area contributed by atoms with Gasteiger partial charge in [0.15, 0.2) is 0 Å². The van der Waals surface area contributed by atoms with Crippen molar-refractivity contribution in [3.63, 3.8) is 0 Å². The lowest BCUT2D eigenvalue weighted by Crippen LogP contribution is -2.24. The number of rotatable bonds is 1. The van der Waals surface area contributed by atoms with E-state index in [0.717, 1.165) is 9.99 Å². The zero-order valence-corrected chi connectivity index (χ0v) is 11.4. The van der Waals surface area contributed by atoms with E-state index in [0.29, 0.717) is 11.3 Å². The Kier molecular flexibility index (Phi) is 2.53. The predicted octanol–water partition coefficient (Wildman–Crippen LogP) is 2.27. The van der Waals surface area contributed by atoms with Gasteiger partial charge in [-0.25, -0.2) is 0 Å². The van der Waals surface area contributed by atoms with Crippen LogP contribution in [0.3, 0.4) is 0 Å². The van der Waals surface area contributed by atoms with Gasteiger partial charge in [0.1, 0.15) is 0 Å². The molecule has 3 rings (SSSR count). The third-order valence-corrected chi connectivity index (χ3v) is 3.30. The van der Waals surface area contributed by atoms with Crippen LogP contribution in [-0.2, 0) is 0 Å². The molecule has 92 valence electrons. The van der Waals surface area contributed by atoms with E-state index in [1.807, 2.05) is 35.7 Å². The average molecular weight is 308 g/mol. The molecule has 0 saturated heterocycles. The molecular weight excluding hydrogens is 298 g/mol. The molecule has 2 heterocycles. The molecule has 2 aromatic rings. The molecule has 0 saturated carbocycles. The van der Waals surface area contributed by atoms with Gasteiger partial charge in [-0.3, -0.25) is 14.3 Å². The SMILES string of the molecule is CN(C)C1N=Nc2nc(=O)c3cc(Br)ccc3n21. The highest BCUT2D eigenvalue weighted by Gasteiger charge is 2.24. The molecule has 1 aromatic carbocycles. The van der Waals surface area contributed by atoms with Gasteiger partial charge in [-0.05, 0) is 32.3 Å². The van der Waals surface area contributed by atoms with E-state index in [1.54, 1.807) is 6.07 Å². The summed E-state index contributed by atoms with van der Waals surface area (Å²) < 4.78 is 2.70. The summed E-state index contributed by atoms with van der Waals surface area (Å²) in [5.74, 6) is 0.355. The Morgan fingerprint density at radius 2 is 2.17 bits per heavy atom. The van der Waals surface area contributed by atoms with Crippen LogP contribution in [0.15, 0.2) is 37.7 Å². The zero-order valence-electron chi connectivity index (χ0n) is 9.83. The lowest BCUT2D eigenvalue weighted by molar-refractivity contribution is 0.238. The van der Waals surface area contributed by atoms with Crippen molar-refractivity contribution in [2.75, 3.05) is 14.1 Å². The number of azo groups is 1. The van der Waals surface area contributed by atoms with Crippen molar-refractivity contribution in [1.29, 1.82) is 0 Å². The molecule has 0 radical (unpaired) electrons. The van der Waals surface area contributed by atoms with Gasteiger partial charge in [0, 0.05) is 4.47 Å². The average Bonchev–Trinajstić information content (AvgIpc) is 2.73. The van der Waals surface area contributed by atoms with Crippen LogP contribution in [0.25, 0.3) is 10.9 Å². The molecular formula is C11H10BrN5O. The molecule has 1 aliphatic rings. The second-order valence-electron chi connectivity index (χ2n) is 4.27. The molecule has 7 heteroatoms. The maximum atomic E-state index is 11.9. The third kappa shape index (κ3) is 1.58. The smallest absolute Gasteiger partial charge is 0.271 e. The highest BCUT2D eigenvalue weighted by molar-refractivity contribution is 9.10. The minimum absolute atomic E-state index is 0.253. The lowest BCUT2D eigenvalue weighted by atomic mass is 10.2. The normalized spacial score (nSPS) is 17.7. The number of benzene rings is 1. The Morgan fingerprint density at radius 1 is 1.39 bits per heavy atom. The number of hydrogen-bond donors (Lipinski definition) is 0. The van der Waals surface area contributed by atoms with Crippen molar-refractivity contribution in [2.24, 2.45) is 10.2 Å². The number of halogens is 1. The van der Waals surface area contributed by atoms with E-state index in [1.165, 1.54) is 0 Å². The van der Waals surface area contributed by atoms with Gasteiger partial charge in [-0.2, -0.15) is 4.98 Å². The van der Waals surface area contributed by atoms with Gasteiger partial charge in [-0.1, -0.05) is 15.9 Å². The summed E-state index contributed by atoms with van der Waals surface area (Å²) in [5, 5.41) is 8.64. The molecule has 0 spiro atoms. The second kappa shape index (κ2) is 3.96. The third-order valence-electron chi connectivity index (χ3n) is 2.81. The standard InChI is InChI=1S/C11H10BrN5O/c1-16(2)11-15-14-10-13-9(18)7-5-6(12)3-4-8(7)17(10)11/h3-5,11H,1-2H3. The Morgan fingerprint density at radius 3 is 2.89 bits per heavy atom. The number of hydrogen-bond acceptors (Lipinski definition) is 5. The highest BCUT2D eigenvalue weighted by Crippen LogP contribution is 2.31. The Labute approximate surface area is 111 Å². The van der Waals surface area contributed by atoms with Crippen LogP contribution in [0.1, 0.15) is 6.29 Å².